The molecule has 96 valence electrons. The molecule has 0 radical (unpaired) electrons. The Labute approximate surface area is 97.8 Å². The summed E-state index contributed by atoms with van der Waals surface area (Å²) in [4.78, 5) is 13.2. The van der Waals surface area contributed by atoms with Crippen molar-refractivity contribution in [2.75, 3.05) is 34.4 Å². The maximum atomic E-state index is 11.1. The maximum absolute atomic E-state index is 11.1. The highest BCUT2D eigenvalue weighted by Gasteiger charge is 2.33. The molecule has 0 rings (SSSR count). The van der Waals surface area contributed by atoms with E-state index in [1.807, 2.05) is 14.0 Å². The van der Waals surface area contributed by atoms with Crippen molar-refractivity contribution in [2.45, 2.75) is 31.8 Å². The van der Waals surface area contributed by atoms with Crippen LogP contribution in [0.3, 0.4) is 0 Å². The fourth-order valence-corrected chi connectivity index (χ4v) is 1.50. The first kappa shape index (κ1) is 15.3. The van der Waals surface area contributed by atoms with Crippen molar-refractivity contribution in [3.63, 3.8) is 0 Å². The molecule has 2 unspecified atom stereocenters. The number of carboxylic acid groups (broad SMARTS) is 1. The van der Waals surface area contributed by atoms with Gasteiger partial charge in [-0.3, -0.25) is 4.79 Å². The summed E-state index contributed by atoms with van der Waals surface area (Å²) in [6, 6.07) is 0.184. The zero-order valence-corrected chi connectivity index (χ0v) is 10.9. The molecule has 0 aromatic rings. The molecule has 0 aliphatic heterocycles. The van der Waals surface area contributed by atoms with Crippen LogP contribution in [0.15, 0.2) is 0 Å². The highest BCUT2D eigenvalue weighted by atomic mass is 16.5. The van der Waals surface area contributed by atoms with Crippen LogP contribution in [-0.2, 0) is 9.53 Å². The van der Waals surface area contributed by atoms with Crippen molar-refractivity contribution in [1.82, 2.24) is 10.2 Å². The summed E-state index contributed by atoms with van der Waals surface area (Å²) in [6.07, 6.45) is 0.555. The van der Waals surface area contributed by atoms with Crippen LogP contribution in [0.2, 0.25) is 0 Å². The van der Waals surface area contributed by atoms with Gasteiger partial charge in [0.1, 0.15) is 5.54 Å². The highest BCUT2D eigenvalue weighted by molar-refractivity contribution is 5.78. The molecule has 0 bridgehead atoms. The number of carbonyl (C=O) groups is 1. The van der Waals surface area contributed by atoms with E-state index in [1.54, 1.807) is 21.1 Å². The third kappa shape index (κ3) is 4.47. The van der Waals surface area contributed by atoms with Gasteiger partial charge in [0.15, 0.2) is 0 Å². The normalized spacial score (nSPS) is 17.1. The van der Waals surface area contributed by atoms with Gasteiger partial charge in [0.25, 0.3) is 0 Å². The molecule has 0 aromatic heterocycles. The van der Waals surface area contributed by atoms with E-state index in [-0.39, 0.29) is 6.04 Å². The first-order chi connectivity index (χ1) is 7.37. The molecule has 5 heteroatoms. The van der Waals surface area contributed by atoms with Crippen molar-refractivity contribution in [1.29, 1.82) is 0 Å². The summed E-state index contributed by atoms with van der Waals surface area (Å²) in [7, 11) is 5.31. The van der Waals surface area contributed by atoms with E-state index < -0.39 is 11.5 Å². The van der Waals surface area contributed by atoms with Gasteiger partial charge < -0.3 is 20.1 Å². The molecule has 0 aromatic carbocycles. The Kier molecular flexibility index (Phi) is 6.55. The number of hydrogen-bond acceptors (Lipinski definition) is 4. The predicted octanol–water partition coefficient (Wildman–Crippen LogP) is 0.406. The first-order valence-electron chi connectivity index (χ1n) is 5.49. The molecule has 0 fully saturated rings. The Bertz CT molecular complexity index is 223. The van der Waals surface area contributed by atoms with Gasteiger partial charge in [-0.05, 0) is 34.4 Å². The molecule has 0 heterocycles. The molecular weight excluding hydrogens is 208 g/mol. The average molecular weight is 232 g/mol. The van der Waals surface area contributed by atoms with Gasteiger partial charge in [0.2, 0.25) is 0 Å². The van der Waals surface area contributed by atoms with E-state index in [4.69, 9.17) is 9.84 Å². The summed E-state index contributed by atoms with van der Waals surface area (Å²) in [5, 5.41) is 12.0. The van der Waals surface area contributed by atoms with Crippen molar-refractivity contribution >= 4 is 5.97 Å². The molecule has 0 amide bonds. The van der Waals surface area contributed by atoms with Gasteiger partial charge in [-0.15, -0.1) is 0 Å². The standard InChI is InChI=1S/C11H24N2O3/c1-9(13(4)6-7-16-5)8-11(2,12-3)10(14)15/h9,12H,6-8H2,1-5H3,(H,14,15). The summed E-state index contributed by atoms with van der Waals surface area (Å²) >= 11 is 0. The van der Waals surface area contributed by atoms with E-state index in [9.17, 15) is 4.79 Å². The van der Waals surface area contributed by atoms with Crippen LogP contribution in [0.4, 0.5) is 0 Å². The third-order valence-corrected chi connectivity index (χ3v) is 3.13. The van der Waals surface area contributed by atoms with Gasteiger partial charge in [-0.25, -0.2) is 0 Å². The van der Waals surface area contributed by atoms with Crippen molar-refractivity contribution in [3.8, 4) is 0 Å². The smallest absolute Gasteiger partial charge is 0.323 e. The molecule has 5 nitrogen and oxygen atoms in total. The number of nitrogens with zero attached hydrogens (tertiary/aromatic N) is 1. The Morgan fingerprint density at radius 1 is 1.62 bits per heavy atom. The maximum Gasteiger partial charge on any atom is 0.323 e. The number of nitrogens with one attached hydrogen (secondary N) is 1. The average Bonchev–Trinajstić information content (AvgIpc) is 2.25. The SMILES string of the molecule is CNC(C)(CC(C)N(C)CCOC)C(=O)O. The van der Waals surface area contributed by atoms with Gasteiger partial charge in [-0.1, -0.05) is 0 Å². The second-order valence-corrected chi connectivity index (χ2v) is 4.41. The number of aliphatic carboxylic acids is 1. The molecule has 2 atom stereocenters. The number of rotatable bonds is 8. The quantitative estimate of drug-likeness (QED) is 0.634. The molecule has 2 N–H and O–H groups in total. The molecule has 16 heavy (non-hydrogen) atoms. The Morgan fingerprint density at radius 2 is 2.19 bits per heavy atom. The minimum Gasteiger partial charge on any atom is -0.480 e. The summed E-state index contributed by atoms with van der Waals surface area (Å²) in [5.74, 6) is -0.818. The van der Waals surface area contributed by atoms with Gasteiger partial charge in [0, 0.05) is 19.7 Å². The number of hydrogen-bond donors (Lipinski definition) is 2. The third-order valence-electron chi connectivity index (χ3n) is 3.13. The number of methoxy groups -OCH3 is 1. The van der Waals surface area contributed by atoms with E-state index in [2.05, 4.69) is 10.2 Å². The lowest BCUT2D eigenvalue weighted by Crippen LogP contribution is -2.51. The van der Waals surface area contributed by atoms with Crippen molar-refractivity contribution < 1.29 is 14.6 Å². The lowest BCUT2D eigenvalue weighted by atomic mass is 9.93. The minimum absolute atomic E-state index is 0.184. The summed E-state index contributed by atoms with van der Waals surface area (Å²) < 4.78 is 4.99. The van der Waals surface area contributed by atoms with E-state index in [1.165, 1.54) is 0 Å². The molecule has 0 spiro atoms. The summed E-state index contributed by atoms with van der Waals surface area (Å²) in [6.45, 7) is 5.19. The molecule has 0 saturated heterocycles. The zero-order valence-electron chi connectivity index (χ0n) is 10.9. The fourth-order valence-electron chi connectivity index (χ4n) is 1.50. The number of ether oxygens (including phenoxy) is 1. The first-order valence-corrected chi connectivity index (χ1v) is 5.49. The van der Waals surface area contributed by atoms with Crippen LogP contribution in [-0.4, -0.2) is 61.9 Å². The number of carboxylic acids is 1. The second-order valence-electron chi connectivity index (χ2n) is 4.41. The lowest BCUT2D eigenvalue weighted by Gasteiger charge is -2.32. The lowest BCUT2D eigenvalue weighted by molar-refractivity contribution is -0.144. The zero-order chi connectivity index (χ0) is 12.8. The molecular formula is C11H24N2O3. The molecule has 0 saturated carbocycles. The summed E-state index contributed by atoms with van der Waals surface area (Å²) in [5.41, 5.74) is -0.874. The van der Waals surface area contributed by atoms with Crippen LogP contribution < -0.4 is 5.32 Å². The minimum atomic E-state index is -0.874. The highest BCUT2D eigenvalue weighted by Crippen LogP contribution is 2.15. The van der Waals surface area contributed by atoms with Gasteiger partial charge in [0.05, 0.1) is 6.61 Å². The van der Waals surface area contributed by atoms with Crippen LogP contribution >= 0.6 is 0 Å². The predicted molar refractivity (Wildman–Crippen MR) is 63.7 cm³/mol. The van der Waals surface area contributed by atoms with Crippen LogP contribution in [0, 0.1) is 0 Å². The largest absolute Gasteiger partial charge is 0.480 e. The van der Waals surface area contributed by atoms with Gasteiger partial charge >= 0.3 is 5.97 Å². The Morgan fingerprint density at radius 3 is 2.56 bits per heavy atom. The second kappa shape index (κ2) is 6.83. The molecule has 0 aliphatic rings. The van der Waals surface area contributed by atoms with E-state index in [0.717, 1.165) is 6.54 Å². The van der Waals surface area contributed by atoms with E-state index in [0.29, 0.717) is 13.0 Å². The topological polar surface area (TPSA) is 61.8 Å². The fraction of sp³-hybridized carbons (Fsp3) is 0.909. The number of likely N-dealkylation sites (N-methyl/N-ethyl adjacent to an activating group) is 2. The molecule has 0 aliphatic carbocycles. The Balaban J connectivity index is 4.29. The van der Waals surface area contributed by atoms with Crippen molar-refractivity contribution in [2.24, 2.45) is 0 Å². The van der Waals surface area contributed by atoms with Crippen LogP contribution in [0.1, 0.15) is 20.3 Å². The van der Waals surface area contributed by atoms with Gasteiger partial charge in [-0.2, -0.15) is 0 Å². The van der Waals surface area contributed by atoms with Crippen LogP contribution in [0.25, 0.3) is 0 Å². The van der Waals surface area contributed by atoms with E-state index >= 15 is 0 Å². The van der Waals surface area contributed by atoms with Crippen LogP contribution in [0.5, 0.6) is 0 Å². The monoisotopic (exact) mass is 232 g/mol. The Hall–Kier alpha value is -0.650. The van der Waals surface area contributed by atoms with Crippen molar-refractivity contribution in [3.05, 3.63) is 0 Å².